The van der Waals surface area contributed by atoms with Gasteiger partial charge in [-0.1, -0.05) is 12.8 Å². The quantitative estimate of drug-likeness (QED) is 0.804. The average molecular weight is 402 g/mol. The Morgan fingerprint density at radius 2 is 1.79 bits per heavy atom. The Labute approximate surface area is 169 Å². The first-order valence-corrected chi connectivity index (χ1v) is 10.6. The van der Waals surface area contributed by atoms with Crippen molar-refractivity contribution in [1.82, 2.24) is 0 Å². The lowest BCUT2D eigenvalue weighted by Gasteiger charge is -2.35. The van der Waals surface area contributed by atoms with E-state index >= 15 is 4.39 Å². The van der Waals surface area contributed by atoms with E-state index in [4.69, 9.17) is 4.74 Å². The fourth-order valence-corrected chi connectivity index (χ4v) is 5.44. The molecule has 2 aliphatic heterocycles. The number of benzene rings is 1. The summed E-state index contributed by atoms with van der Waals surface area (Å²) in [5.74, 6) is -0.0631. The van der Waals surface area contributed by atoms with Gasteiger partial charge in [0.2, 0.25) is 0 Å². The van der Waals surface area contributed by atoms with Crippen LogP contribution in [0.2, 0.25) is 0 Å². The maximum absolute atomic E-state index is 15.4. The molecule has 2 saturated carbocycles. The van der Waals surface area contributed by atoms with Gasteiger partial charge in [-0.3, -0.25) is 0 Å². The molecule has 3 atom stereocenters. The molecule has 1 aromatic rings. The smallest absolute Gasteiger partial charge is 0.336 e. The minimum Gasteiger partial charge on any atom is -0.492 e. The predicted octanol–water partition coefficient (Wildman–Crippen LogP) is 3.45. The van der Waals surface area contributed by atoms with Crippen molar-refractivity contribution in [3.8, 4) is 5.75 Å². The second-order valence-corrected chi connectivity index (χ2v) is 8.82. The topological polar surface area (TPSA) is 73.2 Å². The number of rotatable bonds is 4. The number of aliphatic hydroxyl groups is 1. The summed E-state index contributed by atoms with van der Waals surface area (Å²) in [6.45, 7) is 1.64. The number of fused-ring (bicyclic) bond motifs is 2. The lowest BCUT2D eigenvalue weighted by molar-refractivity contribution is -0.133. The van der Waals surface area contributed by atoms with E-state index in [1.807, 2.05) is 4.90 Å². The highest BCUT2D eigenvalue weighted by atomic mass is 19.1. The molecule has 2 aliphatic carbocycles. The number of aliphatic carboxylic acids is 1. The van der Waals surface area contributed by atoms with Crippen molar-refractivity contribution < 1.29 is 24.1 Å². The van der Waals surface area contributed by atoms with Crippen LogP contribution in [-0.4, -0.2) is 42.4 Å². The van der Waals surface area contributed by atoms with Crippen LogP contribution in [0.5, 0.6) is 5.75 Å². The number of hydrogen-bond donors (Lipinski definition) is 2. The summed E-state index contributed by atoms with van der Waals surface area (Å²) in [4.78, 5) is 15.6. The van der Waals surface area contributed by atoms with E-state index in [0.717, 1.165) is 25.9 Å². The highest BCUT2D eigenvalue weighted by molar-refractivity contribution is 5.92. The van der Waals surface area contributed by atoms with E-state index < -0.39 is 17.9 Å². The standard InChI is InChI=1S/C22H27FN2O4/c1-29-21-18-15(20(26)16(22(27)28)11-25(18)14-6-7-14)8-17(23)19(21)24-9-12-4-2-3-5-13(12)10-24/h8,11-14,20,26H,2-7,9-10H2,1H3,(H,27,28)/t12-,13+,20?. The van der Waals surface area contributed by atoms with Crippen molar-refractivity contribution in [2.45, 2.75) is 50.7 Å². The molecule has 0 radical (unpaired) electrons. The van der Waals surface area contributed by atoms with Gasteiger partial charge >= 0.3 is 5.97 Å². The molecule has 3 fully saturated rings. The Morgan fingerprint density at radius 3 is 2.34 bits per heavy atom. The van der Waals surface area contributed by atoms with Crippen molar-refractivity contribution >= 4 is 17.3 Å². The number of carboxylic acids is 1. The maximum atomic E-state index is 15.4. The lowest BCUT2D eigenvalue weighted by Crippen LogP contribution is -2.31. The summed E-state index contributed by atoms with van der Waals surface area (Å²) in [6, 6.07) is 1.47. The van der Waals surface area contributed by atoms with Crippen molar-refractivity contribution in [1.29, 1.82) is 0 Å². The number of nitrogens with zero attached hydrogens (tertiary/aromatic N) is 2. The lowest BCUT2D eigenvalue weighted by atomic mass is 9.82. The van der Waals surface area contributed by atoms with Crippen LogP contribution in [0.25, 0.3) is 0 Å². The van der Waals surface area contributed by atoms with E-state index in [9.17, 15) is 15.0 Å². The predicted molar refractivity (Wildman–Crippen MR) is 107 cm³/mol. The van der Waals surface area contributed by atoms with E-state index in [2.05, 4.69) is 4.90 Å². The Kier molecular flexibility index (Phi) is 4.46. The molecule has 1 aromatic carbocycles. The van der Waals surface area contributed by atoms with Crippen LogP contribution in [-0.2, 0) is 4.79 Å². The zero-order chi connectivity index (χ0) is 20.3. The summed E-state index contributed by atoms with van der Waals surface area (Å²) >= 11 is 0. The second kappa shape index (κ2) is 6.90. The number of aliphatic hydroxyl groups excluding tert-OH is 1. The van der Waals surface area contributed by atoms with E-state index in [1.165, 1.54) is 45.1 Å². The molecule has 1 unspecified atom stereocenters. The fraction of sp³-hybridized carbons (Fsp3) is 0.591. The van der Waals surface area contributed by atoms with Crippen LogP contribution in [0.4, 0.5) is 15.8 Å². The normalized spacial score (nSPS) is 28.7. The summed E-state index contributed by atoms with van der Waals surface area (Å²) in [5, 5.41) is 20.2. The van der Waals surface area contributed by atoms with Crippen LogP contribution in [0.15, 0.2) is 17.8 Å². The zero-order valence-corrected chi connectivity index (χ0v) is 16.6. The van der Waals surface area contributed by atoms with E-state index in [0.29, 0.717) is 29.0 Å². The molecule has 0 amide bonds. The molecule has 0 aromatic heterocycles. The van der Waals surface area contributed by atoms with Crippen LogP contribution in [0.1, 0.15) is 50.2 Å². The molecule has 2 heterocycles. The van der Waals surface area contributed by atoms with Crippen LogP contribution in [0.3, 0.4) is 0 Å². The van der Waals surface area contributed by atoms with Gasteiger partial charge in [0.25, 0.3) is 0 Å². The van der Waals surface area contributed by atoms with Gasteiger partial charge in [0.05, 0.1) is 18.4 Å². The molecule has 1 saturated heterocycles. The van der Waals surface area contributed by atoms with Gasteiger partial charge in [-0.15, -0.1) is 0 Å². The largest absolute Gasteiger partial charge is 0.492 e. The van der Waals surface area contributed by atoms with Gasteiger partial charge in [0, 0.05) is 30.9 Å². The van der Waals surface area contributed by atoms with Crippen LogP contribution in [0, 0.1) is 17.7 Å². The fourth-order valence-electron chi connectivity index (χ4n) is 5.44. The Bertz CT molecular complexity index is 868. The second-order valence-electron chi connectivity index (χ2n) is 8.82. The minimum atomic E-state index is -1.38. The third kappa shape index (κ3) is 2.98. The van der Waals surface area contributed by atoms with E-state index in [-0.39, 0.29) is 17.2 Å². The molecular weight excluding hydrogens is 375 g/mol. The SMILES string of the molecule is COc1c(N2C[C@H]3CCCC[C@H]3C2)c(F)cc2c1N(C1CC1)C=C(C(=O)O)C2O. The van der Waals surface area contributed by atoms with Crippen molar-refractivity contribution in [3.63, 3.8) is 0 Å². The molecule has 7 heteroatoms. The Morgan fingerprint density at radius 1 is 1.14 bits per heavy atom. The van der Waals surface area contributed by atoms with Gasteiger partial charge in [-0.05, 0) is 43.6 Å². The van der Waals surface area contributed by atoms with Crippen molar-refractivity contribution in [3.05, 3.63) is 29.2 Å². The molecule has 4 aliphatic rings. The van der Waals surface area contributed by atoms with Crippen LogP contribution >= 0.6 is 0 Å². The first-order valence-electron chi connectivity index (χ1n) is 10.6. The van der Waals surface area contributed by atoms with Gasteiger partial charge in [-0.2, -0.15) is 0 Å². The van der Waals surface area contributed by atoms with Gasteiger partial charge < -0.3 is 24.7 Å². The molecule has 6 nitrogen and oxygen atoms in total. The van der Waals surface area contributed by atoms with Gasteiger partial charge in [0.1, 0.15) is 11.8 Å². The monoisotopic (exact) mass is 402 g/mol. The Balaban J connectivity index is 1.62. The highest BCUT2D eigenvalue weighted by Crippen LogP contribution is 2.52. The zero-order valence-electron chi connectivity index (χ0n) is 16.6. The Hall–Kier alpha value is -2.28. The van der Waals surface area contributed by atoms with Gasteiger partial charge in [-0.25, -0.2) is 9.18 Å². The molecule has 0 bridgehead atoms. The minimum absolute atomic E-state index is 0.134. The maximum Gasteiger partial charge on any atom is 0.336 e. The molecule has 0 spiro atoms. The molecule has 2 N–H and O–H groups in total. The number of halogens is 1. The number of methoxy groups -OCH3 is 1. The first-order chi connectivity index (χ1) is 14.0. The summed E-state index contributed by atoms with van der Waals surface area (Å²) < 4.78 is 21.1. The molecule has 5 rings (SSSR count). The highest BCUT2D eigenvalue weighted by Gasteiger charge is 2.42. The average Bonchev–Trinajstić information content (AvgIpc) is 3.45. The third-order valence-corrected chi connectivity index (χ3v) is 7.02. The molecular formula is C22H27FN2O4. The number of anilines is 2. The summed E-state index contributed by atoms with van der Waals surface area (Å²) in [6.07, 6.45) is 6.84. The summed E-state index contributed by atoms with van der Waals surface area (Å²) in [7, 11) is 1.52. The van der Waals surface area contributed by atoms with Crippen molar-refractivity contribution in [2.75, 3.05) is 30.0 Å². The molecule has 156 valence electrons. The number of carbonyl (C=O) groups is 1. The summed E-state index contributed by atoms with van der Waals surface area (Å²) in [5.41, 5.74) is 1.20. The van der Waals surface area contributed by atoms with E-state index in [1.54, 1.807) is 0 Å². The van der Waals surface area contributed by atoms with Crippen molar-refractivity contribution in [2.24, 2.45) is 11.8 Å². The third-order valence-electron chi connectivity index (χ3n) is 7.02. The molecule has 29 heavy (non-hydrogen) atoms. The number of carboxylic acid groups (broad SMARTS) is 1. The number of ether oxygens (including phenoxy) is 1. The number of hydrogen-bond acceptors (Lipinski definition) is 5. The van der Waals surface area contributed by atoms with Crippen LogP contribution < -0.4 is 14.5 Å². The van der Waals surface area contributed by atoms with Gasteiger partial charge in [0.15, 0.2) is 11.6 Å². The first kappa shape index (κ1) is 18.7.